The van der Waals surface area contributed by atoms with Crippen LogP contribution >= 0.6 is 12.4 Å². The number of benzene rings is 2. The van der Waals surface area contributed by atoms with Gasteiger partial charge in [-0.3, -0.25) is 4.79 Å². The molecule has 6 nitrogen and oxygen atoms in total. The number of carbonyl (C=O) groups is 1. The Kier molecular flexibility index (Phi) is 8.94. The van der Waals surface area contributed by atoms with E-state index in [2.05, 4.69) is 10.6 Å². The first-order chi connectivity index (χ1) is 12.8. The Balaban J connectivity index is 0.00000392. The van der Waals surface area contributed by atoms with Gasteiger partial charge in [-0.1, -0.05) is 31.2 Å². The molecule has 2 N–H and O–H groups in total. The average Bonchev–Trinajstić information content (AvgIpc) is 2.65. The molecule has 1 amide bonds. The molecular formula is C20H27ClN2O4S. The second-order valence-electron chi connectivity index (χ2n) is 6.52. The van der Waals surface area contributed by atoms with Gasteiger partial charge in [0.05, 0.1) is 18.0 Å². The number of carbonyl (C=O) groups excluding carboxylic acids is 1. The van der Waals surface area contributed by atoms with Crippen LogP contribution in [0.1, 0.15) is 24.1 Å². The van der Waals surface area contributed by atoms with Gasteiger partial charge < -0.3 is 15.4 Å². The lowest BCUT2D eigenvalue weighted by atomic mass is 9.97. The molecule has 8 heteroatoms. The van der Waals surface area contributed by atoms with E-state index >= 15 is 0 Å². The van der Waals surface area contributed by atoms with E-state index in [9.17, 15) is 13.2 Å². The SMILES string of the molecule is CNCC(C)C(=O)NC(c1ccc(OC)cc1)c1cccc(S(C)(=O)=O)c1.Cl. The summed E-state index contributed by atoms with van der Waals surface area (Å²) in [4.78, 5) is 12.8. The Labute approximate surface area is 173 Å². The third-order valence-corrected chi connectivity index (χ3v) is 5.42. The van der Waals surface area contributed by atoms with Gasteiger partial charge in [0.1, 0.15) is 5.75 Å². The summed E-state index contributed by atoms with van der Waals surface area (Å²) in [7, 11) is 0.0307. The van der Waals surface area contributed by atoms with Gasteiger partial charge in [-0.05, 0) is 42.4 Å². The molecule has 0 aromatic heterocycles. The summed E-state index contributed by atoms with van der Waals surface area (Å²) in [5, 5.41) is 6.02. The van der Waals surface area contributed by atoms with Crippen molar-refractivity contribution in [3.8, 4) is 5.75 Å². The molecule has 2 aromatic carbocycles. The van der Waals surface area contributed by atoms with Gasteiger partial charge in [0.25, 0.3) is 0 Å². The van der Waals surface area contributed by atoms with Crippen LogP contribution in [0.15, 0.2) is 53.4 Å². The topological polar surface area (TPSA) is 84.5 Å². The minimum atomic E-state index is -3.35. The normalized spacial score (nSPS) is 13.1. The summed E-state index contributed by atoms with van der Waals surface area (Å²) < 4.78 is 29.1. The van der Waals surface area contributed by atoms with Crippen molar-refractivity contribution in [2.24, 2.45) is 5.92 Å². The number of amides is 1. The quantitative estimate of drug-likeness (QED) is 0.677. The summed E-state index contributed by atoms with van der Waals surface area (Å²) in [5.41, 5.74) is 1.54. The van der Waals surface area contributed by atoms with Crippen LogP contribution in [0.3, 0.4) is 0 Å². The average molecular weight is 427 g/mol. The highest BCUT2D eigenvalue weighted by Crippen LogP contribution is 2.26. The van der Waals surface area contributed by atoms with Crippen molar-refractivity contribution in [1.82, 2.24) is 10.6 Å². The smallest absolute Gasteiger partial charge is 0.224 e. The summed E-state index contributed by atoms with van der Waals surface area (Å²) in [5.74, 6) is 0.362. The van der Waals surface area contributed by atoms with Crippen LogP contribution in [0.25, 0.3) is 0 Å². The number of halogens is 1. The number of ether oxygens (including phenoxy) is 1. The zero-order valence-corrected chi connectivity index (χ0v) is 18.1. The molecule has 28 heavy (non-hydrogen) atoms. The number of methoxy groups -OCH3 is 1. The second kappa shape index (κ2) is 10.5. The number of hydrogen-bond acceptors (Lipinski definition) is 5. The summed E-state index contributed by atoms with van der Waals surface area (Å²) >= 11 is 0. The first-order valence-electron chi connectivity index (χ1n) is 8.65. The van der Waals surface area contributed by atoms with Crippen molar-refractivity contribution < 1.29 is 17.9 Å². The number of nitrogens with one attached hydrogen (secondary N) is 2. The molecule has 0 spiro atoms. The van der Waals surface area contributed by atoms with E-state index in [4.69, 9.17) is 4.74 Å². The molecule has 2 atom stereocenters. The number of sulfone groups is 1. The largest absolute Gasteiger partial charge is 0.497 e. The third-order valence-electron chi connectivity index (χ3n) is 4.31. The summed E-state index contributed by atoms with van der Waals surface area (Å²) in [6.45, 7) is 2.38. The zero-order valence-electron chi connectivity index (χ0n) is 16.4. The Hall–Kier alpha value is -2.09. The van der Waals surface area contributed by atoms with E-state index < -0.39 is 15.9 Å². The number of hydrogen-bond donors (Lipinski definition) is 2. The van der Waals surface area contributed by atoms with Crippen LogP contribution < -0.4 is 15.4 Å². The van der Waals surface area contributed by atoms with Gasteiger partial charge >= 0.3 is 0 Å². The predicted octanol–water partition coefficient (Wildman–Crippen LogP) is 2.58. The maximum Gasteiger partial charge on any atom is 0.224 e. The van der Waals surface area contributed by atoms with Crippen LogP contribution in [-0.2, 0) is 14.6 Å². The molecule has 2 aromatic rings. The fraction of sp³-hybridized carbons (Fsp3) is 0.350. The van der Waals surface area contributed by atoms with Gasteiger partial charge in [-0.15, -0.1) is 12.4 Å². The molecule has 2 unspecified atom stereocenters. The van der Waals surface area contributed by atoms with Gasteiger partial charge in [0.15, 0.2) is 9.84 Å². The van der Waals surface area contributed by atoms with Gasteiger partial charge in [-0.25, -0.2) is 8.42 Å². The van der Waals surface area contributed by atoms with Crippen LogP contribution in [0.2, 0.25) is 0 Å². The first kappa shape index (κ1) is 23.9. The fourth-order valence-corrected chi connectivity index (χ4v) is 3.44. The second-order valence-corrected chi connectivity index (χ2v) is 8.53. The Morgan fingerprint density at radius 2 is 1.75 bits per heavy atom. The highest BCUT2D eigenvalue weighted by atomic mass is 35.5. The molecular weight excluding hydrogens is 400 g/mol. The van der Waals surface area contributed by atoms with Gasteiger partial charge in [-0.2, -0.15) is 0 Å². The third kappa shape index (κ3) is 6.22. The minimum Gasteiger partial charge on any atom is -0.497 e. The van der Waals surface area contributed by atoms with Crippen molar-refractivity contribution in [2.45, 2.75) is 17.9 Å². The van der Waals surface area contributed by atoms with Crippen molar-refractivity contribution in [3.63, 3.8) is 0 Å². The van der Waals surface area contributed by atoms with Crippen LogP contribution in [0, 0.1) is 5.92 Å². The molecule has 0 heterocycles. The molecule has 0 saturated carbocycles. The lowest BCUT2D eigenvalue weighted by molar-refractivity contribution is -0.124. The lowest BCUT2D eigenvalue weighted by Crippen LogP contribution is -2.37. The van der Waals surface area contributed by atoms with Crippen LogP contribution in [0.4, 0.5) is 0 Å². The molecule has 0 aliphatic rings. The molecule has 154 valence electrons. The molecule has 2 rings (SSSR count). The van der Waals surface area contributed by atoms with E-state index in [0.29, 0.717) is 17.9 Å². The van der Waals surface area contributed by atoms with Gasteiger partial charge in [0.2, 0.25) is 5.91 Å². The summed E-state index contributed by atoms with van der Waals surface area (Å²) in [6, 6.07) is 13.5. The molecule has 0 aliphatic heterocycles. The molecule has 0 radical (unpaired) electrons. The highest BCUT2D eigenvalue weighted by Gasteiger charge is 2.21. The van der Waals surface area contributed by atoms with Crippen molar-refractivity contribution >= 4 is 28.2 Å². The zero-order chi connectivity index (χ0) is 20.0. The monoisotopic (exact) mass is 426 g/mol. The molecule has 0 fully saturated rings. The van der Waals surface area contributed by atoms with E-state index in [1.165, 1.54) is 6.26 Å². The first-order valence-corrected chi connectivity index (χ1v) is 10.5. The number of rotatable bonds is 8. The maximum absolute atomic E-state index is 12.6. The molecule has 0 aliphatic carbocycles. The van der Waals surface area contributed by atoms with E-state index in [-0.39, 0.29) is 29.1 Å². The van der Waals surface area contributed by atoms with Crippen molar-refractivity contribution in [3.05, 3.63) is 59.7 Å². The van der Waals surface area contributed by atoms with Crippen molar-refractivity contribution in [1.29, 1.82) is 0 Å². The molecule has 0 bridgehead atoms. The fourth-order valence-electron chi connectivity index (χ4n) is 2.76. The highest BCUT2D eigenvalue weighted by molar-refractivity contribution is 7.90. The Morgan fingerprint density at radius 1 is 1.11 bits per heavy atom. The lowest BCUT2D eigenvalue weighted by Gasteiger charge is -2.23. The Bertz CT molecular complexity index is 885. The van der Waals surface area contributed by atoms with Gasteiger partial charge in [0, 0.05) is 18.7 Å². The van der Waals surface area contributed by atoms with E-state index in [1.807, 2.05) is 37.3 Å². The van der Waals surface area contributed by atoms with Crippen molar-refractivity contribution in [2.75, 3.05) is 27.0 Å². The van der Waals surface area contributed by atoms with E-state index in [0.717, 1.165) is 5.56 Å². The minimum absolute atomic E-state index is 0. The maximum atomic E-state index is 12.6. The predicted molar refractivity (Wildman–Crippen MR) is 113 cm³/mol. The molecule has 0 saturated heterocycles. The van der Waals surface area contributed by atoms with Crippen LogP contribution in [-0.4, -0.2) is 41.3 Å². The standard InChI is InChI=1S/C20H26N2O4S.ClH/c1-14(13-21-2)20(23)22-19(15-8-10-17(26-3)11-9-15)16-6-5-7-18(12-16)27(4,24)25;/h5-12,14,19,21H,13H2,1-4H3,(H,22,23);1H. The van der Waals surface area contributed by atoms with Crippen LogP contribution in [0.5, 0.6) is 5.75 Å². The van der Waals surface area contributed by atoms with E-state index in [1.54, 1.807) is 32.4 Å². The summed E-state index contributed by atoms with van der Waals surface area (Å²) in [6.07, 6.45) is 1.17. The Morgan fingerprint density at radius 3 is 2.29 bits per heavy atom.